The molecule has 1 unspecified atom stereocenters. The van der Waals surface area contributed by atoms with Crippen molar-refractivity contribution in [2.24, 2.45) is 5.73 Å². The molecule has 9 nitrogen and oxygen atoms in total. The number of carboxylic acids is 1. The van der Waals surface area contributed by atoms with Gasteiger partial charge in [-0.05, 0) is 6.07 Å². The lowest BCUT2D eigenvalue weighted by molar-refractivity contribution is -0.386. The van der Waals surface area contributed by atoms with Gasteiger partial charge >= 0.3 is 12.1 Å². The zero-order valence-corrected chi connectivity index (χ0v) is 10.6. The van der Waals surface area contributed by atoms with E-state index in [9.17, 15) is 28.4 Å². The minimum absolute atomic E-state index is 0.127. The number of hydrogen-bond acceptors (Lipinski definition) is 7. The van der Waals surface area contributed by atoms with E-state index in [2.05, 4.69) is 0 Å². The van der Waals surface area contributed by atoms with Crippen LogP contribution in [0.15, 0.2) is 12.1 Å². The molecule has 0 aliphatic rings. The number of aliphatic carboxylic acids is 1. The number of nitrogens with zero attached hydrogens (tertiary/aromatic N) is 1. The van der Waals surface area contributed by atoms with E-state index in [-0.39, 0.29) is 12.1 Å². The third kappa shape index (κ3) is 5.41. The number of aromatic hydroxyl groups is 2. The number of benzene rings is 1. The van der Waals surface area contributed by atoms with E-state index in [1.807, 2.05) is 0 Å². The van der Waals surface area contributed by atoms with Crippen molar-refractivity contribution in [3.8, 4) is 11.5 Å². The van der Waals surface area contributed by atoms with Crippen molar-refractivity contribution in [1.29, 1.82) is 0 Å². The van der Waals surface area contributed by atoms with E-state index < -0.39 is 40.4 Å². The number of alkyl halides is 3. The summed E-state index contributed by atoms with van der Waals surface area (Å²) in [7, 11) is 0. The Hall–Kier alpha value is -2.60. The quantitative estimate of drug-likeness (QED) is 0.306. The van der Waals surface area contributed by atoms with Crippen LogP contribution in [-0.2, 0) is 4.79 Å². The summed E-state index contributed by atoms with van der Waals surface area (Å²) in [6.45, 7) is -0.217. The zero-order chi connectivity index (χ0) is 17.7. The predicted octanol–water partition coefficient (Wildman–Crippen LogP) is 0.631. The Bertz CT molecular complexity index is 562. The first kappa shape index (κ1) is 19.4. The van der Waals surface area contributed by atoms with Gasteiger partial charge in [0.15, 0.2) is 11.5 Å². The van der Waals surface area contributed by atoms with E-state index in [1.165, 1.54) is 0 Å². The number of phenols is 2. The van der Waals surface area contributed by atoms with Crippen LogP contribution >= 0.6 is 0 Å². The number of nitro groups is 1. The molecule has 12 heteroatoms. The standard InChI is InChI=1S/C8H10N2O5.C2HF3O2/c9-3-8(13)4-1-6(11)7(12)2-5(4)10(14)15;3-2(4,5)1(6)7/h1-2,8,11-13H,3,9H2;(H,6,7). The summed E-state index contributed by atoms with van der Waals surface area (Å²) in [5, 5.41) is 45.2. The van der Waals surface area contributed by atoms with Crippen LogP contribution < -0.4 is 5.73 Å². The number of nitro benzene ring substituents is 1. The SMILES string of the molecule is NCC(O)c1cc(O)c(O)cc1[N+](=O)[O-].O=C(O)C(F)(F)F. The molecular weight excluding hydrogens is 317 g/mol. The van der Waals surface area contributed by atoms with Gasteiger partial charge in [0.2, 0.25) is 0 Å². The average Bonchev–Trinajstić information content (AvgIpc) is 2.39. The second-order valence-electron chi connectivity index (χ2n) is 3.71. The molecule has 0 saturated heterocycles. The Kier molecular flexibility index (Phi) is 6.54. The lowest BCUT2D eigenvalue weighted by Crippen LogP contribution is -2.21. The fraction of sp³-hybridized carbons (Fsp3) is 0.300. The second kappa shape index (κ2) is 7.42. The lowest BCUT2D eigenvalue weighted by Gasteiger charge is -2.09. The van der Waals surface area contributed by atoms with Gasteiger partial charge in [-0.3, -0.25) is 10.1 Å². The van der Waals surface area contributed by atoms with Crippen LogP contribution in [0.3, 0.4) is 0 Å². The van der Waals surface area contributed by atoms with Crippen LogP contribution in [0.2, 0.25) is 0 Å². The van der Waals surface area contributed by atoms with E-state index in [1.54, 1.807) is 0 Å². The van der Waals surface area contributed by atoms with Crippen molar-refractivity contribution < 1.29 is 43.3 Å². The highest BCUT2D eigenvalue weighted by atomic mass is 19.4. The van der Waals surface area contributed by atoms with Gasteiger partial charge in [0.25, 0.3) is 5.69 Å². The number of hydrogen-bond donors (Lipinski definition) is 5. The molecule has 124 valence electrons. The minimum Gasteiger partial charge on any atom is -0.504 e. The van der Waals surface area contributed by atoms with Gasteiger partial charge in [-0.2, -0.15) is 13.2 Å². The summed E-state index contributed by atoms with van der Waals surface area (Å²) in [5.74, 6) is -3.91. The number of carbonyl (C=O) groups is 1. The highest BCUT2D eigenvalue weighted by Gasteiger charge is 2.38. The van der Waals surface area contributed by atoms with Gasteiger partial charge in [-0.1, -0.05) is 0 Å². The van der Waals surface area contributed by atoms with Crippen LogP contribution in [-0.4, -0.2) is 44.0 Å². The Labute approximate surface area is 120 Å². The minimum atomic E-state index is -5.08. The van der Waals surface area contributed by atoms with Crippen molar-refractivity contribution in [1.82, 2.24) is 0 Å². The van der Waals surface area contributed by atoms with Gasteiger partial charge in [-0.25, -0.2) is 4.79 Å². The van der Waals surface area contributed by atoms with Gasteiger partial charge in [-0.15, -0.1) is 0 Å². The first-order valence-electron chi connectivity index (χ1n) is 5.30. The molecule has 6 N–H and O–H groups in total. The molecule has 0 bridgehead atoms. The normalized spacial score (nSPS) is 12.0. The van der Waals surface area contributed by atoms with Crippen molar-refractivity contribution >= 4 is 11.7 Å². The zero-order valence-electron chi connectivity index (χ0n) is 10.6. The molecule has 0 radical (unpaired) electrons. The molecule has 0 heterocycles. The van der Waals surface area contributed by atoms with Gasteiger partial charge in [0.1, 0.15) is 0 Å². The maximum Gasteiger partial charge on any atom is 0.490 e. The summed E-state index contributed by atoms with van der Waals surface area (Å²) >= 11 is 0. The number of phenolic OH excluding ortho intramolecular Hbond substituents is 2. The molecule has 0 spiro atoms. The van der Waals surface area contributed by atoms with Crippen LogP contribution in [0.25, 0.3) is 0 Å². The Morgan fingerprint density at radius 3 is 2.05 bits per heavy atom. The highest BCUT2D eigenvalue weighted by Crippen LogP contribution is 2.35. The van der Waals surface area contributed by atoms with Crippen molar-refractivity contribution in [2.45, 2.75) is 12.3 Å². The highest BCUT2D eigenvalue weighted by molar-refractivity contribution is 5.73. The fourth-order valence-electron chi connectivity index (χ4n) is 1.13. The Morgan fingerprint density at radius 1 is 1.32 bits per heavy atom. The smallest absolute Gasteiger partial charge is 0.490 e. The number of rotatable bonds is 3. The van der Waals surface area contributed by atoms with E-state index in [0.717, 1.165) is 12.1 Å². The van der Waals surface area contributed by atoms with Crippen molar-refractivity contribution in [3.05, 3.63) is 27.8 Å². The summed E-state index contributed by atoms with van der Waals surface area (Å²) < 4.78 is 31.7. The average molecular weight is 328 g/mol. The largest absolute Gasteiger partial charge is 0.504 e. The molecule has 1 atom stereocenters. The predicted molar refractivity (Wildman–Crippen MR) is 64.1 cm³/mol. The molecule has 22 heavy (non-hydrogen) atoms. The summed E-state index contributed by atoms with van der Waals surface area (Å²) in [4.78, 5) is 18.7. The first-order chi connectivity index (χ1) is 9.91. The number of aliphatic hydroxyl groups is 1. The van der Waals surface area contributed by atoms with E-state index >= 15 is 0 Å². The third-order valence-corrected chi connectivity index (χ3v) is 2.15. The Morgan fingerprint density at radius 2 is 1.73 bits per heavy atom. The molecule has 0 aliphatic carbocycles. The van der Waals surface area contributed by atoms with Crippen LogP contribution in [0.4, 0.5) is 18.9 Å². The monoisotopic (exact) mass is 328 g/mol. The molecule has 1 aromatic rings. The summed E-state index contributed by atoms with van der Waals surface area (Å²) in [6.07, 6.45) is -6.34. The first-order valence-corrected chi connectivity index (χ1v) is 5.30. The summed E-state index contributed by atoms with van der Waals surface area (Å²) in [5.41, 5.74) is 4.53. The van der Waals surface area contributed by atoms with E-state index in [0.29, 0.717) is 0 Å². The van der Waals surface area contributed by atoms with E-state index in [4.69, 9.17) is 25.8 Å². The molecule has 1 aromatic carbocycles. The molecule has 1 rings (SSSR count). The maximum atomic E-state index is 10.6. The molecule has 0 aliphatic heterocycles. The number of nitrogens with two attached hydrogens (primary N) is 1. The van der Waals surface area contributed by atoms with Gasteiger partial charge < -0.3 is 26.2 Å². The maximum absolute atomic E-state index is 10.6. The third-order valence-electron chi connectivity index (χ3n) is 2.15. The fourth-order valence-corrected chi connectivity index (χ4v) is 1.13. The van der Waals surface area contributed by atoms with Gasteiger partial charge in [0.05, 0.1) is 22.7 Å². The molecule has 0 fully saturated rings. The van der Waals surface area contributed by atoms with Crippen LogP contribution in [0.1, 0.15) is 11.7 Å². The van der Waals surface area contributed by atoms with Crippen LogP contribution in [0, 0.1) is 10.1 Å². The topological polar surface area (TPSA) is 167 Å². The number of carboxylic acid groups (broad SMARTS) is 1. The van der Waals surface area contributed by atoms with Crippen molar-refractivity contribution in [2.75, 3.05) is 6.54 Å². The Balaban J connectivity index is 0.000000534. The molecule has 0 saturated carbocycles. The van der Waals surface area contributed by atoms with Crippen molar-refractivity contribution in [3.63, 3.8) is 0 Å². The molecule has 0 aromatic heterocycles. The number of halogens is 3. The summed E-state index contributed by atoms with van der Waals surface area (Å²) in [6, 6.07) is 1.69. The lowest BCUT2D eigenvalue weighted by atomic mass is 10.1. The molecule has 0 amide bonds. The number of aliphatic hydroxyl groups excluding tert-OH is 1. The second-order valence-corrected chi connectivity index (χ2v) is 3.71. The van der Waals surface area contributed by atoms with Gasteiger partial charge in [0, 0.05) is 6.54 Å². The van der Waals surface area contributed by atoms with Crippen LogP contribution in [0.5, 0.6) is 11.5 Å². The molecular formula is C10H11F3N2O7.